The summed E-state index contributed by atoms with van der Waals surface area (Å²) in [7, 11) is -3.07. The summed E-state index contributed by atoms with van der Waals surface area (Å²) in [5, 5.41) is 10.2. The van der Waals surface area contributed by atoms with Crippen LogP contribution in [0, 0.1) is 5.92 Å². The van der Waals surface area contributed by atoms with E-state index in [2.05, 4.69) is 27.4 Å². The molecule has 0 saturated heterocycles. The first kappa shape index (κ1) is 17.4. The summed E-state index contributed by atoms with van der Waals surface area (Å²) in [6.07, 6.45) is 10.6. The molecule has 1 aromatic rings. The minimum atomic E-state index is -3.07. The van der Waals surface area contributed by atoms with Crippen molar-refractivity contribution < 1.29 is 8.42 Å². The van der Waals surface area contributed by atoms with Gasteiger partial charge in [0.15, 0.2) is 15.7 Å². The normalized spacial score (nSPS) is 18.5. The van der Waals surface area contributed by atoms with Crippen molar-refractivity contribution in [3.05, 3.63) is 11.6 Å². The lowest BCUT2D eigenvalue weighted by Gasteiger charge is -2.23. The molecule has 1 fully saturated rings. The zero-order valence-electron chi connectivity index (χ0n) is 13.6. The van der Waals surface area contributed by atoms with E-state index in [-0.39, 0.29) is 5.75 Å². The molecule has 0 aromatic carbocycles. The van der Waals surface area contributed by atoms with Crippen molar-refractivity contribution in [2.24, 2.45) is 5.92 Å². The molecule has 126 valence electrons. The second kappa shape index (κ2) is 8.06. The predicted octanol–water partition coefficient (Wildman–Crippen LogP) is 2.19. The molecule has 0 aliphatic heterocycles. The third kappa shape index (κ3) is 6.44. The summed E-state index contributed by atoms with van der Waals surface area (Å²) in [5.41, 5.74) is 0. The molecule has 1 saturated carbocycles. The van der Waals surface area contributed by atoms with Gasteiger partial charge in [-0.05, 0) is 25.7 Å². The fraction of sp³-hybridized carbons (Fsp3) is 0.867. The molecule has 6 nitrogen and oxygen atoms in total. The van der Waals surface area contributed by atoms with Gasteiger partial charge in [-0.2, -0.15) is 5.10 Å². The average Bonchev–Trinajstić information content (AvgIpc) is 2.89. The summed E-state index contributed by atoms with van der Waals surface area (Å²) in [4.78, 5) is 4.21. The lowest BCUT2D eigenvalue weighted by atomic mass is 9.85. The zero-order chi connectivity index (χ0) is 16.0. The van der Waals surface area contributed by atoms with Crippen molar-refractivity contribution in [1.29, 1.82) is 0 Å². The molecule has 2 N–H and O–H groups in total. The molecule has 0 amide bonds. The van der Waals surface area contributed by atoms with Crippen LogP contribution in [0.25, 0.3) is 0 Å². The number of rotatable bonds is 8. The van der Waals surface area contributed by atoms with Crippen molar-refractivity contribution in [3.8, 4) is 0 Å². The number of aromatic nitrogens is 3. The molecule has 2 rings (SSSR count). The summed E-state index contributed by atoms with van der Waals surface area (Å²) < 4.78 is 22.4. The Morgan fingerprint density at radius 1 is 1.32 bits per heavy atom. The van der Waals surface area contributed by atoms with Gasteiger partial charge in [0.05, 0.1) is 6.54 Å². The quantitative estimate of drug-likeness (QED) is 0.764. The highest BCUT2D eigenvalue weighted by atomic mass is 32.2. The second-order valence-corrected chi connectivity index (χ2v) is 8.77. The molecule has 1 atom stereocenters. The summed E-state index contributed by atoms with van der Waals surface area (Å²) in [5.74, 6) is 1.86. The van der Waals surface area contributed by atoms with Crippen molar-refractivity contribution in [2.75, 3.05) is 6.26 Å². The van der Waals surface area contributed by atoms with E-state index >= 15 is 0 Å². The number of hydrogen-bond acceptors (Lipinski definition) is 5. The first-order valence-electron chi connectivity index (χ1n) is 8.23. The number of sulfone groups is 1. The maximum absolute atomic E-state index is 11.2. The van der Waals surface area contributed by atoms with Crippen LogP contribution in [0.1, 0.15) is 63.5 Å². The highest BCUT2D eigenvalue weighted by Crippen LogP contribution is 2.27. The van der Waals surface area contributed by atoms with Crippen LogP contribution < -0.4 is 5.32 Å². The van der Waals surface area contributed by atoms with E-state index in [4.69, 9.17) is 0 Å². The minimum absolute atomic E-state index is 0.0861. The molecule has 7 heteroatoms. The van der Waals surface area contributed by atoms with Crippen LogP contribution in [0.3, 0.4) is 0 Å². The van der Waals surface area contributed by atoms with E-state index in [1.165, 1.54) is 51.2 Å². The van der Waals surface area contributed by atoms with E-state index in [1.54, 1.807) is 0 Å². The molecule has 1 heterocycles. The van der Waals surface area contributed by atoms with Crippen LogP contribution >= 0.6 is 0 Å². The maximum atomic E-state index is 11.2. The molecular weight excluding hydrogens is 300 g/mol. The van der Waals surface area contributed by atoms with Gasteiger partial charge < -0.3 is 5.32 Å². The van der Waals surface area contributed by atoms with Gasteiger partial charge in [0, 0.05) is 12.3 Å². The monoisotopic (exact) mass is 328 g/mol. The van der Waals surface area contributed by atoms with E-state index in [1.807, 2.05) is 0 Å². The molecule has 0 radical (unpaired) electrons. The lowest BCUT2D eigenvalue weighted by molar-refractivity contribution is 0.316. The Morgan fingerprint density at radius 3 is 2.73 bits per heavy atom. The molecule has 1 aliphatic rings. The van der Waals surface area contributed by atoms with Crippen molar-refractivity contribution >= 4 is 9.84 Å². The Labute approximate surface area is 133 Å². The van der Waals surface area contributed by atoms with Crippen LogP contribution in [-0.2, 0) is 22.1 Å². The Kier molecular flexibility index (Phi) is 6.37. The number of aromatic amines is 1. The van der Waals surface area contributed by atoms with Gasteiger partial charge in [0.2, 0.25) is 0 Å². The highest BCUT2D eigenvalue weighted by molar-refractivity contribution is 7.89. The van der Waals surface area contributed by atoms with Gasteiger partial charge in [-0.1, -0.05) is 32.1 Å². The third-order valence-electron chi connectivity index (χ3n) is 4.32. The van der Waals surface area contributed by atoms with Gasteiger partial charge in [-0.15, -0.1) is 0 Å². The molecule has 22 heavy (non-hydrogen) atoms. The number of H-pyrrole nitrogens is 1. The summed E-state index contributed by atoms with van der Waals surface area (Å²) >= 11 is 0. The summed E-state index contributed by atoms with van der Waals surface area (Å²) in [6.45, 7) is 2.76. The SMILES string of the molecule is CC(CCC1CCCCC1)NCc1n[nH]c(CS(C)(=O)=O)n1. The van der Waals surface area contributed by atoms with Crippen molar-refractivity contribution in [3.63, 3.8) is 0 Å². The molecule has 1 aliphatic carbocycles. The van der Waals surface area contributed by atoms with E-state index in [0.29, 0.717) is 24.2 Å². The first-order chi connectivity index (χ1) is 10.4. The third-order valence-corrected chi connectivity index (χ3v) is 5.12. The standard InChI is InChI=1S/C15H28N4O2S/c1-12(8-9-13-6-4-3-5-7-13)16-10-14-17-15(19-18-14)11-22(2,20)21/h12-13,16H,3-11H2,1-2H3,(H,17,18,19). The summed E-state index contributed by atoms with van der Waals surface area (Å²) in [6, 6.07) is 0.429. The van der Waals surface area contributed by atoms with Crippen LogP contribution in [0.2, 0.25) is 0 Å². The molecule has 1 unspecified atom stereocenters. The van der Waals surface area contributed by atoms with Gasteiger partial charge in [-0.3, -0.25) is 5.10 Å². The molecule has 1 aromatic heterocycles. The predicted molar refractivity (Wildman–Crippen MR) is 87.0 cm³/mol. The fourth-order valence-electron chi connectivity index (χ4n) is 3.06. The van der Waals surface area contributed by atoms with Crippen LogP contribution in [-0.4, -0.2) is 35.9 Å². The fourth-order valence-corrected chi connectivity index (χ4v) is 3.68. The van der Waals surface area contributed by atoms with Gasteiger partial charge in [-0.25, -0.2) is 13.4 Å². The Bertz CT molecular complexity index is 550. The first-order valence-corrected chi connectivity index (χ1v) is 10.3. The second-order valence-electron chi connectivity index (χ2n) is 6.63. The Morgan fingerprint density at radius 2 is 2.05 bits per heavy atom. The van der Waals surface area contributed by atoms with E-state index < -0.39 is 9.84 Å². The lowest BCUT2D eigenvalue weighted by Crippen LogP contribution is -2.26. The largest absolute Gasteiger partial charge is 0.307 e. The Hall–Kier alpha value is -0.950. The topological polar surface area (TPSA) is 87.7 Å². The Balaban J connectivity index is 1.68. The van der Waals surface area contributed by atoms with E-state index in [0.717, 1.165) is 5.92 Å². The molecule has 0 bridgehead atoms. The van der Waals surface area contributed by atoms with Crippen LogP contribution in [0.5, 0.6) is 0 Å². The smallest absolute Gasteiger partial charge is 0.164 e. The van der Waals surface area contributed by atoms with Crippen molar-refractivity contribution in [1.82, 2.24) is 20.5 Å². The van der Waals surface area contributed by atoms with Crippen molar-refractivity contribution in [2.45, 2.75) is 70.2 Å². The highest BCUT2D eigenvalue weighted by Gasteiger charge is 2.15. The van der Waals surface area contributed by atoms with Crippen LogP contribution in [0.15, 0.2) is 0 Å². The number of nitrogens with one attached hydrogen (secondary N) is 2. The van der Waals surface area contributed by atoms with Gasteiger partial charge in [0.1, 0.15) is 11.6 Å². The minimum Gasteiger partial charge on any atom is -0.307 e. The average molecular weight is 328 g/mol. The molecule has 0 spiro atoms. The van der Waals surface area contributed by atoms with E-state index in [9.17, 15) is 8.42 Å². The number of nitrogens with zero attached hydrogens (tertiary/aromatic N) is 2. The maximum Gasteiger partial charge on any atom is 0.164 e. The van der Waals surface area contributed by atoms with Gasteiger partial charge >= 0.3 is 0 Å². The van der Waals surface area contributed by atoms with Crippen LogP contribution in [0.4, 0.5) is 0 Å². The zero-order valence-corrected chi connectivity index (χ0v) is 14.5. The van der Waals surface area contributed by atoms with Gasteiger partial charge in [0.25, 0.3) is 0 Å². The molecular formula is C15H28N4O2S. The number of hydrogen-bond donors (Lipinski definition) is 2.